The second-order valence-corrected chi connectivity index (χ2v) is 7.11. The molecule has 2 saturated carbocycles. The van der Waals surface area contributed by atoms with Crippen LogP contribution >= 0.6 is 0 Å². The fourth-order valence-corrected chi connectivity index (χ4v) is 3.13. The highest BCUT2D eigenvalue weighted by Gasteiger charge is 2.23. The van der Waals surface area contributed by atoms with Gasteiger partial charge in [-0.1, -0.05) is 19.8 Å². The van der Waals surface area contributed by atoms with Crippen LogP contribution in [0.2, 0.25) is 0 Å². The van der Waals surface area contributed by atoms with Crippen LogP contribution in [0.25, 0.3) is 0 Å². The van der Waals surface area contributed by atoms with Crippen LogP contribution < -0.4 is 16.0 Å². The fourth-order valence-electron chi connectivity index (χ4n) is 3.13. The van der Waals surface area contributed by atoms with Crippen LogP contribution in [0.1, 0.15) is 45.4 Å². The third-order valence-corrected chi connectivity index (χ3v) is 4.80. The van der Waals surface area contributed by atoms with Crippen molar-refractivity contribution in [1.82, 2.24) is 5.32 Å². The first kappa shape index (κ1) is 17.7. The van der Waals surface area contributed by atoms with Crippen molar-refractivity contribution in [3.05, 3.63) is 24.3 Å². The summed E-state index contributed by atoms with van der Waals surface area (Å²) in [4.78, 5) is 23.7. The average Bonchev–Trinajstić information content (AvgIpc) is 3.40. The molecule has 6 nitrogen and oxygen atoms in total. The van der Waals surface area contributed by atoms with E-state index in [0.29, 0.717) is 23.3 Å². The van der Waals surface area contributed by atoms with Crippen molar-refractivity contribution in [2.24, 2.45) is 5.92 Å². The molecule has 6 heteroatoms. The molecule has 2 aliphatic rings. The summed E-state index contributed by atoms with van der Waals surface area (Å²) in [5.41, 5.74) is 1.39. The van der Waals surface area contributed by atoms with Crippen molar-refractivity contribution in [2.75, 3.05) is 17.2 Å². The second-order valence-electron chi connectivity index (χ2n) is 7.11. The Bertz CT molecular complexity index is 598. The predicted octanol–water partition coefficient (Wildman–Crippen LogP) is 3.50. The maximum atomic E-state index is 12.0. The number of nitrogens with one attached hydrogen (secondary N) is 3. The van der Waals surface area contributed by atoms with Crippen molar-refractivity contribution < 1.29 is 14.3 Å². The molecule has 3 N–H and O–H groups in total. The predicted molar refractivity (Wildman–Crippen MR) is 97.6 cm³/mol. The standard InChI is InChI=1S/C19H27N3O3/c1-13-4-2-3-5-17(13)25-12-18(23)20-14-6-8-15(9-7-14)21-19(24)22-16-10-11-16/h6-9,13,16-17H,2-5,10-12H2,1H3,(H,20,23)(H2,21,22,24)/t13-,17+/m1/s1. The van der Waals surface area contributed by atoms with Gasteiger partial charge in [0.15, 0.2) is 0 Å². The monoisotopic (exact) mass is 345 g/mol. The molecule has 0 radical (unpaired) electrons. The minimum atomic E-state index is -0.186. The lowest BCUT2D eigenvalue weighted by molar-refractivity contribution is -0.124. The summed E-state index contributed by atoms with van der Waals surface area (Å²) in [5, 5.41) is 8.47. The maximum Gasteiger partial charge on any atom is 0.319 e. The molecule has 0 aromatic heterocycles. The molecule has 0 aliphatic heterocycles. The van der Waals surface area contributed by atoms with Gasteiger partial charge in [-0.2, -0.15) is 0 Å². The third kappa shape index (κ3) is 5.74. The van der Waals surface area contributed by atoms with E-state index in [0.717, 1.165) is 19.3 Å². The lowest BCUT2D eigenvalue weighted by Crippen LogP contribution is -2.30. The van der Waals surface area contributed by atoms with E-state index < -0.39 is 0 Å². The van der Waals surface area contributed by atoms with Gasteiger partial charge in [0.25, 0.3) is 0 Å². The largest absolute Gasteiger partial charge is 0.368 e. The molecule has 3 rings (SSSR count). The van der Waals surface area contributed by atoms with Gasteiger partial charge in [-0.15, -0.1) is 0 Å². The van der Waals surface area contributed by atoms with Crippen LogP contribution in [0, 0.1) is 5.92 Å². The molecule has 2 fully saturated rings. The summed E-state index contributed by atoms with van der Waals surface area (Å²) in [6, 6.07) is 7.22. The maximum absolute atomic E-state index is 12.0. The van der Waals surface area contributed by atoms with Gasteiger partial charge >= 0.3 is 6.03 Å². The Morgan fingerprint density at radius 3 is 2.28 bits per heavy atom. The SMILES string of the molecule is C[C@@H]1CCCC[C@@H]1OCC(=O)Nc1ccc(NC(=O)NC2CC2)cc1. The fraction of sp³-hybridized carbons (Fsp3) is 0.579. The summed E-state index contributed by atoms with van der Waals surface area (Å²) in [6.45, 7) is 2.27. The summed E-state index contributed by atoms with van der Waals surface area (Å²) < 4.78 is 5.77. The van der Waals surface area contributed by atoms with Crippen molar-refractivity contribution in [1.29, 1.82) is 0 Å². The zero-order valence-electron chi connectivity index (χ0n) is 14.7. The van der Waals surface area contributed by atoms with Gasteiger partial charge < -0.3 is 20.7 Å². The average molecular weight is 345 g/mol. The van der Waals surface area contributed by atoms with E-state index in [4.69, 9.17) is 4.74 Å². The highest BCUT2D eigenvalue weighted by atomic mass is 16.5. The van der Waals surface area contributed by atoms with E-state index in [2.05, 4.69) is 22.9 Å². The first-order chi connectivity index (χ1) is 12.1. The number of carbonyl (C=O) groups excluding carboxylic acids is 2. The van der Waals surface area contributed by atoms with Gasteiger partial charge in [-0.05, 0) is 55.9 Å². The first-order valence-corrected chi connectivity index (χ1v) is 9.19. The van der Waals surface area contributed by atoms with Gasteiger partial charge in [0, 0.05) is 17.4 Å². The third-order valence-electron chi connectivity index (χ3n) is 4.80. The Hall–Kier alpha value is -2.08. The Morgan fingerprint density at radius 2 is 1.64 bits per heavy atom. The lowest BCUT2D eigenvalue weighted by atomic mass is 9.88. The zero-order valence-corrected chi connectivity index (χ0v) is 14.7. The number of benzene rings is 1. The number of urea groups is 1. The zero-order chi connectivity index (χ0) is 17.6. The van der Waals surface area contributed by atoms with Crippen molar-refractivity contribution in [3.8, 4) is 0 Å². The molecule has 0 bridgehead atoms. The van der Waals surface area contributed by atoms with Gasteiger partial charge in [0.05, 0.1) is 6.10 Å². The Labute approximate surface area is 148 Å². The number of ether oxygens (including phenoxy) is 1. The summed E-state index contributed by atoms with van der Waals surface area (Å²) in [6.07, 6.45) is 6.95. The highest BCUT2D eigenvalue weighted by molar-refractivity contribution is 5.93. The Morgan fingerprint density at radius 1 is 1.00 bits per heavy atom. The summed E-state index contributed by atoms with van der Waals surface area (Å²) in [7, 11) is 0. The number of carbonyl (C=O) groups is 2. The van der Waals surface area contributed by atoms with Gasteiger partial charge in [-0.3, -0.25) is 4.79 Å². The van der Waals surface area contributed by atoms with Gasteiger partial charge in [0.1, 0.15) is 6.61 Å². The molecule has 1 aromatic rings. The normalized spacial score (nSPS) is 22.9. The van der Waals surface area contributed by atoms with E-state index in [9.17, 15) is 9.59 Å². The van der Waals surface area contributed by atoms with E-state index in [1.807, 2.05) is 0 Å². The van der Waals surface area contributed by atoms with Crippen LogP contribution in [0.5, 0.6) is 0 Å². The lowest BCUT2D eigenvalue weighted by Gasteiger charge is -2.28. The topological polar surface area (TPSA) is 79.5 Å². The van der Waals surface area contributed by atoms with E-state index >= 15 is 0 Å². The first-order valence-electron chi connectivity index (χ1n) is 9.19. The molecule has 2 aliphatic carbocycles. The quantitative estimate of drug-likeness (QED) is 0.738. The molecular formula is C19H27N3O3. The molecule has 0 saturated heterocycles. The number of hydrogen-bond acceptors (Lipinski definition) is 3. The smallest absolute Gasteiger partial charge is 0.319 e. The van der Waals surface area contributed by atoms with Crippen molar-refractivity contribution in [2.45, 2.75) is 57.6 Å². The number of hydrogen-bond donors (Lipinski definition) is 3. The molecule has 1 aromatic carbocycles. The molecule has 136 valence electrons. The highest BCUT2D eigenvalue weighted by Crippen LogP contribution is 2.26. The van der Waals surface area contributed by atoms with Crippen LogP contribution in [0.3, 0.4) is 0 Å². The molecule has 2 atom stereocenters. The molecular weight excluding hydrogens is 318 g/mol. The van der Waals surface area contributed by atoms with Gasteiger partial charge in [-0.25, -0.2) is 4.79 Å². The van der Waals surface area contributed by atoms with Gasteiger partial charge in [0.2, 0.25) is 5.91 Å². The van der Waals surface area contributed by atoms with Crippen LogP contribution in [-0.4, -0.2) is 30.7 Å². The summed E-state index contributed by atoms with van der Waals surface area (Å²) >= 11 is 0. The van der Waals surface area contributed by atoms with Crippen molar-refractivity contribution >= 4 is 23.3 Å². The molecule has 3 amide bonds. The number of rotatable bonds is 6. The Kier molecular flexibility index (Phi) is 5.91. The van der Waals surface area contributed by atoms with Crippen LogP contribution in [0.15, 0.2) is 24.3 Å². The minimum absolute atomic E-state index is 0.0821. The van der Waals surface area contributed by atoms with Crippen LogP contribution in [0.4, 0.5) is 16.2 Å². The molecule has 25 heavy (non-hydrogen) atoms. The van der Waals surface area contributed by atoms with Crippen molar-refractivity contribution in [3.63, 3.8) is 0 Å². The van der Waals surface area contributed by atoms with E-state index in [1.165, 1.54) is 19.3 Å². The summed E-state index contributed by atoms with van der Waals surface area (Å²) in [5.74, 6) is 0.374. The van der Waals surface area contributed by atoms with Crippen LogP contribution in [-0.2, 0) is 9.53 Å². The second kappa shape index (κ2) is 8.34. The van der Waals surface area contributed by atoms with E-state index in [-0.39, 0.29) is 24.6 Å². The molecule has 0 spiro atoms. The number of amides is 3. The molecule has 0 unspecified atom stereocenters. The molecule has 0 heterocycles. The minimum Gasteiger partial charge on any atom is -0.368 e. The van der Waals surface area contributed by atoms with E-state index in [1.54, 1.807) is 24.3 Å². The number of anilines is 2. The Balaban J connectivity index is 1.40.